The number of nitro groups is 3. The highest BCUT2D eigenvalue weighted by atomic mass is 32.1. The Morgan fingerprint density at radius 1 is 0.868 bits per heavy atom. The molecule has 1 aromatic heterocycles. The van der Waals surface area contributed by atoms with Gasteiger partial charge in [-0.15, -0.1) is 11.3 Å². The van der Waals surface area contributed by atoms with Crippen LogP contribution < -0.4 is 10.6 Å². The van der Waals surface area contributed by atoms with Crippen LogP contribution in [0.2, 0.25) is 0 Å². The van der Waals surface area contributed by atoms with Gasteiger partial charge in [-0.1, -0.05) is 6.07 Å². The third-order valence-corrected chi connectivity index (χ3v) is 6.17. The number of nitrogens with one attached hydrogen (secondary N) is 2. The molecular formula is C22H17N5O10S. The molecule has 2 aromatic carbocycles. The van der Waals surface area contributed by atoms with Crippen molar-refractivity contribution in [1.29, 1.82) is 0 Å². The number of carbonyl (C=O) groups is 3. The van der Waals surface area contributed by atoms with E-state index in [0.29, 0.717) is 17.4 Å². The van der Waals surface area contributed by atoms with Crippen LogP contribution in [0.1, 0.15) is 42.9 Å². The van der Waals surface area contributed by atoms with E-state index in [4.69, 9.17) is 4.74 Å². The maximum absolute atomic E-state index is 13.0. The van der Waals surface area contributed by atoms with Crippen LogP contribution in [0.4, 0.5) is 27.8 Å². The van der Waals surface area contributed by atoms with Gasteiger partial charge in [0.25, 0.3) is 28.9 Å². The Balaban J connectivity index is 2.00. The highest BCUT2D eigenvalue weighted by molar-refractivity contribution is 7.19. The zero-order chi connectivity index (χ0) is 28.1. The Labute approximate surface area is 216 Å². The van der Waals surface area contributed by atoms with Crippen molar-refractivity contribution >= 4 is 56.9 Å². The summed E-state index contributed by atoms with van der Waals surface area (Å²) in [7, 11) is 0. The largest absolute Gasteiger partial charge is 0.462 e. The minimum atomic E-state index is -1.02. The van der Waals surface area contributed by atoms with Gasteiger partial charge in [0.1, 0.15) is 5.00 Å². The topological polar surface area (TPSA) is 214 Å². The van der Waals surface area contributed by atoms with Gasteiger partial charge in [-0.2, -0.15) is 0 Å². The molecule has 1 heterocycles. The van der Waals surface area contributed by atoms with Gasteiger partial charge in [-0.3, -0.25) is 39.9 Å². The molecule has 0 fully saturated rings. The SMILES string of the molecule is CCOC(=O)c1c(NC(=O)c2cc([N+](=O)[O-])cc([N+](=O)[O-])c2)sc(C(=O)Nc2cccc([N+](=O)[O-])c2)c1C. The summed E-state index contributed by atoms with van der Waals surface area (Å²) in [6.45, 7) is 2.92. The monoisotopic (exact) mass is 543 g/mol. The zero-order valence-electron chi connectivity index (χ0n) is 19.6. The molecule has 0 unspecified atom stereocenters. The van der Waals surface area contributed by atoms with Gasteiger partial charge in [-0.05, 0) is 25.5 Å². The fourth-order valence-electron chi connectivity index (χ4n) is 3.26. The van der Waals surface area contributed by atoms with E-state index in [9.17, 15) is 44.7 Å². The van der Waals surface area contributed by atoms with E-state index in [1.807, 2.05) is 0 Å². The number of benzene rings is 2. The van der Waals surface area contributed by atoms with E-state index in [-0.39, 0.29) is 39.0 Å². The number of nitro benzene ring substituents is 3. The number of non-ortho nitro benzene ring substituents is 3. The molecule has 0 atom stereocenters. The molecule has 0 saturated carbocycles. The Kier molecular flexibility index (Phi) is 8.07. The quantitative estimate of drug-likeness (QED) is 0.219. The zero-order valence-corrected chi connectivity index (χ0v) is 20.4. The number of amides is 2. The van der Waals surface area contributed by atoms with Crippen molar-refractivity contribution in [3.8, 4) is 0 Å². The minimum absolute atomic E-state index is 0.0339. The lowest BCUT2D eigenvalue weighted by Gasteiger charge is -2.07. The highest BCUT2D eigenvalue weighted by Crippen LogP contribution is 2.35. The number of nitrogens with zero attached hydrogens (tertiary/aromatic N) is 3. The Hall–Kier alpha value is -5.25. The maximum atomic E-state index is 13.0. The Morgan fingerprint density at radius 3 is 2.03 bits per heavy atom. The van der Waals surface area contributed by atoms with Crippen molar-refractivity contribution in [3.05, 3.63) is 94.4 Å². The van der Waals surface area contributed by atoms with Gasteiger partial charge in [0.05, 0.1) is 43.4 Å². The Morgan fingerprint density at radius 2 is 1.47 bits per heavy atom. The van der Waals surface area contributed by atoms with E-state index < -0.39 is 49.5 Å². The van der Waals surface area contributed by atoms with Crippen LogP contribution in [0.15, 0.2) is 42.5 Å². The first kappa shape index (κ1) is 27.3. The van der Waals surface area contributed by atoms with Gasteiger partial charge in [0.15, 0.2) is 0 Å². The number of rotatable bonds is 9. The molecule has 38 heavy (non-hydrogen) atoms. The lowest BCUT2D eigenvalue weighted by Crippen LogP contribution is -2.15. The number of anilines is 2. The molecule has 0 aliphatic carbocycles. The summed E-state index contributed by atoms with van der Waals surface area (Å²) in [5, 5.41) is 38.0. The van der Waals surface area contributed by atoms with Crippen LogP contribution in [-0.4, -0.2) is 39.2 Å². The summed E-state index contributed by atoms with van der Waals surface area (Å²) in [5.41, 5.74) is -2.05. The predicted octanol–water partition coefficient (Wildman–Crippen LogP) is 4.46. The summed E-state index contributed by atoms with van der Waals surface area (Å²) >= 11 is 0.676. The van der Waals surface area contributed by atoms with E-state index in [0.717, 1.165) is 18.2 Å². The van der Waals surface area contributed by atoms with Crippen LogP contribution in [0.5, 0.6) is 0 Å². The third kappa shape index (κ3) is 5.93. The first-order valence-electron chi connectivity index (χ1n) is 10.5. The number of thiophene rings is 1. The normalized spacial score (nSPS) is 10.4. The molecule has 0 spiro atoms. The van der Waals surface area contributed by atoms with Crippen LogP contribution in [0.3, 0.4) is 0 Å². The fourth-order valence-corrected chi connectivity index (χ4v) is 4.35. The molecule has 196 valence electrons. The molecule has 0 bridgehead atoms. The van der Waals surface area contributed by atoms with Gasteiger partial charge < -0.3 is 15.4 Å². The van der Waals surface area contributed by atoms with Gasteiger partial charge in [0, 0.05) is 30.0 Å². The molecule has 0 aliphatic rings. The predicted molar refractivity (Wildman–Crippen MR) is 134 cm³/mol. The van der Waals surface area contributed by atoms with Gasteiger partial charge in [0.2, 0.25) is 0 Å². The summed E-state index contributed by atoms with van der Waals surface area (Å²) < 4.78 is 5.02. The third-order valence-electron chi connectivity index (χ3n) is 4.96. The summed E-state index contributed by atoms with van der Waals surface area (Å²) in [5.74, 6) is -2.64. The lowest BCUT2D eigenvalue weighted by atomic mass is 10.1. The smallest absolute Gasteiger partial charge is 0.341 e. The highest BCUT2D eigenvalue weighted by Gasteiger charge is 2.28. The molecule has 0 aliphatic heterocycles. The van der Waals surface area contributed by atoms with Crippen molar-refractivity contribution in [1.82, 2.24) is 0 Å². The molecule has 3 aromatic rings. The fraction of sp³-hybridized carbons (Fsp3) is 0.136. The number of hydrogen-bond donors (Lipinski definition) is 2. The summed E-state index contributed by atoms with van der Waals surface area (Å²) in [4.78, 5) is 69.4. The van der Waals surface area contributed by atoms with Crippen molar-refractivity contribution < 1.29 is 33.9 Å². The second-order valence-electron chi connectivity index (χ2n) is 7.45. The average molecular weight is 543 g/mol. The van der Waals surface area contributed by atoms with E-state index in [1.54, 1.807) is 0 Å². The number of ether oxygens (including phenoxy) is 1. The lowest BCUT2D eigenvalue weighted by molar-refractivity contribution is -0.394. The van der Waals surface area contributed by atoms with E-state index in [1.165, 1.54) is 32.0 Å². The second-order valence-corrected chi connectivity index (χ2v) is 8.47. The van der Waals surface area contributed by atoms with Crippen molar-refractivity contribution in [2.24, 2.45) is 0 Å². The standard InChI is InChI=1S/C22H17N5O10S/c1-3-37-22(30)17-11(2)18(20(29)23-13-5-4-6-14(9-13)25(31)32)38-21(17)24-19(28)12-7-15(26(33)34)10-16(8-12)27(35)36/h4-10H,3H2,1-2H3,(H,23,29)(H,24,28). The van der Waals surface area contributed by atoms with E-state index in [2.05, 4.69) is 10.6 Å². The first-order valence-corrected chi connectivity index (χ1v) is 11.4. The first-order chi connectivity index (χ1) is 17.9. The molecular weight excluding hydrogens is 526 g/mol. The van der Waals surface area contributed by atoms with Gasteiger partial charge in [-0.25, -0.2) is 4.79 Å². The molecule has 3 rings (SSSR count). The summed E-state index contributed by atoms with van der Waals surface area (Å²) in [6.07, 6.45) is 0. The van der Waals surface area contributed by atoms with Crippen molar-refractivity contribution in [2.45, 2.75) is 13.8 Å². The van der Waals surface area contributed by atoms with Crippen LogP contribution in [0, 0.1) is 37.3 Å². The number of esters is 1. The molecule has 0 radical (unpaired) electrons. The van der Waals surface area contributed by atoms with Crippen molar-refractivity contribution in [2.75, 3.05) is 17.2 Å². The summed E-state index contributed by atoms with van der Waals surface area (Å²) in [6, 6.07) is 7.47. The van der Waals surface area contributed by atoms with Gasteiger partial charge >= 0.3 is 5.97 Å². The molecule has 15 nitrogen and oxygen atoms in total. The minimum Gasteiger partial charge on any atom is -0.462 e. The molecule has 2 N–H and O–H groups in total. The van der Waals surface area contributed by atoms with Crippen LogP contribution in [0.25, 0.3) is 0 Å². The van der Waals surface area contributed by atoms with E-state index >= 15 is 0 Å². The Bertz CT molecular complexity index is 1470. The van der Waals surface area contributed by atoms with Crippen molar-refractivity contribution in [3.63, 3.8) is 0 Å². The second kappa shape index (κ2) is 11.2. The molecule has 0 saturated heterocycles. The molecule has 16 heteroatoms. The van der Waals surface area contributed by atoms with Crippen LogP contribution >= 0.6 is 11.3 Å². The maximum Gasteiger partial charge on any atom is 0.341 e. The number of hydrogen-bond acceptors (Lipinski definition) is 11. The average Bonchev–Trinajstić information content (AvgIpc) is 3.19. The van der Waals surface area contributed by atoms with Crippen LogP contribution in [-0.2, 0) is 4.74 Å². The number of carbonyl (C=O) groups excluding carboxylic acids is 3. The molecule has 2 amide bonds.